The Morgan fingerprint density at radius 2 is 1.65 bits per heavy atom. The van der Waals surface area contributed by atoms with E-state index in [2.05, 4.69) is 65.5 Å². The molecule has 4 rings (SSSR count). The molecule has 1 N–H and O–H groups in total. The van der Waals surface area contributed by atoms with Gasteiger partial charge in [-0.25, -0.2) is 9.97 Å². The van der Waals surface area contributed by atoms with Gasteiger partial charge in [-0.05, 0) is 24.5 Å². The normalized spacial score (nSPS) is 11.0. The van der Waals surface area contributed by atoms with E-state index in [-0.39, 0.29) is 0 Å². The maximum atomic E-state index is 6.19. The zero-order valence-electron chi connectivity index (χ0n) is 15.0. The number of nitrogens with one attached hydrogen (secondary N) is 1. The largest absolute Gasteiger partial charge is 0.437 e. The van der Waals surface area contributed by atoms with Crippen LogP contribution in [0, 0.1) is 0 Å². The zero-order valence-corrected chi connectivity index (χ0v) is 15.0. The topological polar surface area (TPSA) is 51.0 Å². The van der Waals surface area contributed by atoms with Crippen molar-refractivity contribution in [1.29, 1.82) is 0 Å². The number of aryl methyl sites for hydroxylation is 1. The lowest BCUT2D eigenvalue weighted by molar-refractivity contribution is 0.618. The molecule has 0 bridgehead atoms. The summed E-state index contributed by atoms with van der Waals surface area (Å²) in [6.07, 6.45) is 2.56. The summed E-state index contributed by atoms with van der Waals surface area (Å²) in [7, 11) is 0. The lowest BCUT2D eigenvalue weighted by Crippen LogP contribution is -2.00. The number of anilines is 1. The third-order valence-electron chi connectivity index (χ3n) is 4.52. The highest BCUT2D eigenvalue weighted by Crippen LogP contribution is 2.42. The molecule has 0 aliphatic carbocycles. The summed E-state index contributed by atoms with van der Waals surface area (Å²) in [5.74, 6) is 1.63. The molecule has 0 saturated carbocycles. The Morgan fingerprint density at radius 1 is 0.885 bits per heavy atom. The Bertz CT molecular complexity index is 1020. The molecule has 2 aromatic heterocycles. The lowest BCUT2D eigenvalue weighted by atomic mass is 9.98. The van der Waals surface area contributed by atoms with Crippen molar-refractivity contribution in [2.75, 3.05) is 11.9 Å². The number of aromatic nitrogens is 2. The molecule has 26 heavy (non-hydrogen) atoms. The Kier molecular flexibility index (Phi) is 4.40. The van der Waals surface area contributed by atoms with Crippen LogP contribution in [0.25, 0.3) is 33.6 Å². The van der Waals surface area contributed by atoms with Crippen molar-refractivity contribution in [3.8, 4) is 22.5 Å². The second-order valence-corrected chi connectivity index (χ2v) is 6.16. The summed E-state index contributed by atoms with van der Waals surface area (Å²) in [5.41, 5.74) is 5.08. The van der Waals surface area contributed by atoms with Crippen LogP contribution in [0.3, 0.4) is 0 Å². The summed E-state index contributed by atoms with van der Waals surface area (Å²) in [5, 5.41) is 4.27. The van der Waals surface area contributed by atoms with E-state index in [1.54, 1.807) is 6.33 Å². The molecular formula is C22H21N3O. The molecule has 2 aromatic carbocycles. The quantitative estimate of drug-likeness (QED) is 0.516. The minimum Gasteiger partial charge on any atom is -0.437 e. The van der Waals surface area contributed by atoms with Crippen LogP contribution < -0.4 is 5.32 Å². The SMILES string of the molecule is CCNc1ncnc2oc(-c3ccccc3)c(-c3ccc(CC)cc3)c12. The van der Waals surface area contributed by atoms with E-state index in [1.165, 1.54) is 5.56 Å². The van der Waals surface area contributed by atoms with Gasteiger partial charge in [0.05, 0.1) is 5.39 Å². The van der Waals surface area contributed by atoms with Crippen LogP contribution in [0.1, 0.15) is 19.4 Å². The van der Waals surface area contributed by atoms with Crippen molar-refractivity contribution in [3.05, 3.63) is 66.5 Å². The molecule has 0 fully saturated rings. The van der Waals surface area contributed by atoms with Crippen molar-refractivity contribution >= 4 is 16.9 Å². The van der Waals surface area contributed by atoms with Crippen molar-refractivity contribution in [2.45, 2.75) is 20.3 Å². The van der Waals surface area contributed by atoms with Gasteiger partial charge in [0.2, 0.25) is 5.71 Å². The van der Waals surface area contributed by atoms with E-state index in [1.807, 2.05) is 18.2 Å². The van der Waals surface area contributed by atoms with Gasteiger partial charge in [0, 0.05) is 17.7 Å². The standard InChI is InChI=1S/C22H21N3O/c1-3-15-10-12-16(13-11-15)18-19-21(23-4-2)24-14-25-22(19)26-20(18)17-8-6-5-7-9-17/h5-14H,3-4H2,1-2H3,(H,23,24,25). The van der Waals surface area contributed by atoms with E-state index >= 15 is 0 Å². The molecule has 4 aromatic rings. The number of hydrogen-bond acceptors (Lipinski definition) is 4. The van der Waals surface area contributed by atoms with Gasteiger partial charge in [0.1, 0.15) is 17.9 Å². The molecule has 2 heterocycles. The first-order valence-electron chi connectivity index (χ1n) is 8.98. The summed E-state index contributed by atoms with van der Waals surface area (Å²) in [6.45, 7) is 5.00. The van der Waals surface area contributed by atoms with Crippen molar-refractivity contribution < 1.29 is 4.42 Å². The fourth-order valence-electron chi connectivity index (χ4n) is 3.21. The monoisotopic (exact) mass is 343 g/mol. The Morgan fingerprint density at radius 3 is 2.35 bits per heavy atom. The van der Waals surface area contributed by atoms with E-state index < -0.39 is 0 Å². The van der Waals surface area contributed by atoms with Crippen LogP contribution in [-0.2, 0) is 6.42 Å². The van der Waals surface area contributed by atoms with E-state index in [9.17, 15) is 0 Å². The molecule has 0 atom stereocenters. The smallest absolute Gasteiger partial charge is 0.232 e. The highest BCUT2D eigenvalue weighted by Gasteiger charge is 2.21. The molecule has 0 spiro atoms. The minimum atomic E-state index is 0.601. The summed E-state index contributed by atoms with van der Waals surface area (Å²) >= 11 is 0. The van der Waals surface area contributed by atoms with Crippen molar-refractivity contribution in [1.82, 2.24) is 9.97 Å². The van der Waals surface area contributed by atoms with Gasteiger partial charge < -0.3 is 9.73 Å². The molecule has 0 amide bonds. The van der Waals surface area contributed by atoms with Crippen LogP contribution in [-0.4, -0.2) is 16.5 Å². The number of benzene rings is 2. The third kappa shape index (κ3) is 2.84. The van der Waals surface area contributed by atoms with E-state index in [0.29, 0.717) is 5.71 Å². The van der Waals surface area contributed by atoms with Crippen molar-refractivity contribution in [3.63, 3.8) is 0 Å². The zero-order chi connectivity index (χ0) is 17.9. The highest BCUT2D eigenvalue weighted by molar-refractivity contribution is 6.05. The van der Waals surface area contributed by atoms with Crippen LogP contribution in [0.15, 0.2) is 65.3 Å². The minimum absolute atomic E-state index is 0.601. The van der Waals surface area contributed by atoms with Gasteiger partial charge in [-0.2, -0.15) is 0 Å². The van der Waals surface area contributed by atoms with Crippen LogP contribution >= 0.6 is 0 Å². The second-order valence-electron chi connectivity index (χ2n) is 6.16. The van der Waals surface area contributed by atoms with Gasteiger partial charge in [0.25, 0.3) is 0 Å². The van der Waals surface area contributed by atoms with Crippen LogP contribution in [0.2, 0.25) is 0 Å². The lowest BCUT2D eigenvalue weighted by Gasteiger charge is -2.07. The van der Waals surface area contributed by atoms with E-state index in [0.717, 1.165) is 46.6 Å². The molecule has 130 valence electrons. The number of nitrogens with zero attached hydrogens (tertiary/aromatic N) is 2. The maximum Gasteiger partial charge on any atom is 0.232 e. The van der Waals surface area contributed by atoms with Crippen molar-refractivity contribution in [2.24, 2.45) is 0 Å². The van der Waals surface area contributed by atoms with Crippen LogP contribution in [0.5, 0.6) is 0 Å². The number of fused-ring (bicyclic) bond motifs is 1. The molecule has 0 unspecified atom stereocenters. The van der Waals surface area contributed by atoms with Crippen LogP contribution in [0.4, 0.5) is 5.82 Å². The average Bonchev–Trinajstić information content (AvgIpc) is 3.09. The van der Waals surface area contributed by atoms with Gasteiger partial charge in [-0.15, -0.1) is 0 Å². The molecule has 0 saturated heterocycles. The van der Waals surface area contributed by atoms with Gasteiger partial charge in [-0.1, -0.05) is 61.5 Å². The average molecular weight is 343 g/mol. The Balaban J connectivity index is 2.02. The van der Waals surface area contributed by atoms with Gasteiger partial charge in [-0.3, -0.25) is 0 Å². The second kappa shape index (κ2) is 7.00. The third-order valence-corrected chi connectivity index (χ3v) is 4.52. The fraction of sp³-hybridized carbons (Fsp3) is 0.182. The number of furan rings is 1. The predicted octanol–water partition coefficient (Wildman–Crippen LogP) is 5.55. The summed E-state index contributed by atoms with van der Waals surface area (Å²) in [6, 6.07) is 18.8. The molecule has 4 nitrogen and oxygen atoms in total. The summed E-state index contributed by atoms with van der Waals surface area (Å²) in [4.78, 5) is 8.81. The molecule has 0 aliphatic heterocycles. The summed E-state index contributed by atoms with van der Waals surface area (Å²) < 4.78 is 6.19. The van der Waals surface area contributed by atoms with Gasteiger partial charge in [0.15, 0.2) is 0 Å². The first-order valence-corrected chi connectivity index (χ1v) is 8.98. The predicted molar refractivity (Wildman–Crippen MR) is 106 cm³/mol. The molecular weight excluding hydrogens is 322 g/mol. The molecule has 0 radical (unpaired) electrons. The Labute approximate surface area is 152 Å². The Hall–Kier alpha value is -3.14. The number of hydrogen-bond donors (Lipinski definition) is 1. The highest BCUT2D eigenvalue weighted by atomic mass is 16.3. The van der Waals surface area contributed by atoms with Gasteiger partial charge >= 0.3 is 0 Å². The molecule has 4 heteroatoms. The first-order chi connectivity index (χ1) is 12.8. The molecule has 0 aliphatic rings. The maximum absolute atomic E-state index is 6.19. The number of rotatable bonds is 5. The fourth-order valence-corrected chi connectivity index (χ4v) is 3.21. The first kappa shape index (κ1) is 16.3. The van der Waals surface area contributed by atoms with E-state index in [4.69, 9.17) is 4.42 Å².